The van der Waals surface area contributed by atoms with Gasteiger partial charge in [-0.1, -0.05) is 18.2 Å². The molecule has 0 saturated carbocycles. The average Bonchev–Trinajstić information content (AvgIpc) is 2.87. The number of carbonyl (C=O) groups excluding carboxylic acids is 2. The van der Waals surface area contributed by atoms with Crippen molar-refractivity contribution in [1.82, 2.24) is 14.2 Å². The molecule has 2 saturated heterocycles. The predicted octanol–water partition coefficient (Wildman–Crippen LogP) is 1.94. The van der Waals surface area contributed by atoms with Crippen LogP contribution in [-0.4, -0.2) is 53.0 Å². The van der Waals surface area contributed by atoms with Crippen molar-refractivity contribution in [3.63, 3.8) is 0 Å². The molecular formula is C23H26N4O4S. The van der Waals surface area contributed by atoms with Gasteiger partial charge >= 0.3 is 0 Å². The molecule has 2 bridgehead atoms. The molecule has 2 aliphatic rings. The molecule has 0 radical (unpaired) electrons. The maximum absolute atomic E-state index is 13.8. The van der Waals surface area contributed by atoms with E-state index in [2.05, 4.69) is 11.6 Å². The Balaban J connectivity index is 1.75. The van der Waals surface area contributed by atoms with Crippen molar-refractivity contribution < 1.29 is 18.0 Å². The number of aromatic nitrogens is 1. The van der Waals surface area contributed by atoms with E-state index in [1.165, 1.54) is 28.6 Å². The summed E-state index contributed by atoms with van der Waals surface area (Å²) in [4.78, 5) is 31.1. The highest BCUT2D eigenvalue weighted by atomic mass is 32.2. The number of nitrogens with two attached hydrogens (primary N) is 1. The van der Waals surface area contributed by atoms with Crippen LogP contribution in [0.25, 0.3) is 0 Å². The summed E-state index contributed by atoms with van der Waals surface area (Å²) in [5.74, 6) is -1.18. The highest BCUT2D eigenvalue weighted by molar-refractivity contribution is 7.89. The number of benzene rings is 1. The standard InChI is InChI=1S/C23H26N4O4S/c1-2-16-14-26(15-18-8-3-4-12-25-18)23(29)21-11-6-10-20(16)27(21)32(30,31)19-9-5-7-17(13-19)22(24)28/h2-5,7-9,12-13,16,20-21H,1,6,10-11,14-15H2,(H2,24,28)/t16-,20-,21?/m0/s1. The fourth-order valence-corrected chi connectivity index (χ4v) is 6.58. The maximum atomic E-state index is 13.8. The van der Waals surface area contributed by atoms with E-state index in [9.17, 15) is 18.0 Å². The van der Waals surface area contributed by atoms with E-state index in [0.717, 1.165) is 12.1 Å². The lowest BCUT2D eigenvalue weighted by Gasteiger charge is -2.40. The first kappa shape index (κ1) is 22.2. The third-order valence-corrected chi connectivity index (χ3v) is 8.14. The minimum atomic E-state index is -4.06. The van der Waals surface area contributed by atoms with E-state index < -0.39 is 28.0 Å². The number of sulfonamides is 1. The van der Waals surface area contributed by atoms with E-state index in [-0.39, 0.29) is 22.3 Å². The number of pyridine rings is 1. The van der Waals surface area contributed by atoms with Crippen LogP contribution in [0, 0.1) is 5.92 Å². The van der Waals surface area contributed by atoms with Gasteiger partial charge in [-0.2, -0.15) is 4.31 Å². The van der Waals surface area contributed by atoms with Gasteiger partial charge in [0.25, 0.3) is 0 Å². The zero-order valence-corrected chi connectivity index (χ0v) is 18.4. The number of amides is 2. The van der Waals surface area contributed by atoms with Gasteiger partial charge in [0.1, 0.15) is 6.04 Å². The van der Waals surface area contributed by atoms with E-state index in [1.807, 2.05) is 18.2 Å². The van der Waals surface area contributed by atoms with Gasteiger partial charge in [0, 0.05) is 30.3 Å². The quantitative estimate of drug-likeness (QED) is 0.670. The molecule has 1 unspecified atom stereocenters. The summed E-state index contributed by atoms with van der Waals surface area (Å²) in [6, 6.07) is 9.96. The molecular weight excluding hydrogens is 428 g/mol. The maximum Gasteiger partial charge on any atom is 0.248 e. The summed E-state index contributed by atoms with van der Waals surface area (Å²) in [6.07, 6.45) is 5.22. The third kappa shape index (κ3) is 4.05. The smallest absolute Gasteiger partial charge is 0.248 e. The second-order valence-corrected chi connectivity index (χ2v) is 10.0. The predicted molar refractivity (Wildman–Crippen MR) is 119 cm³/mol. The molecule has 2 amide bonds. The molecule has 0 aliphatic carbocycles. The minimum absolute atomic E-state index is 0.0421. The fourth-order valence-electron chi connectivity index (χ4n) is 4.66. The van der Waals surface area contributed by atoms with Crippen molar-refractivity contribution in [3.05, 3.63) is 72.6 Å². The van der Waals surface area contributed by atoms with E-state index in [1.54, 1.807) is 17.2 Å². The highest BCUT2D eigenvalue weighted by Gasteiger charge is 2.49. The molecule has 2 N–H and O–H groups in total. The van der Waals surface area contributed by atoms with Gasteiger partial charge in [0.05, 0.1) is 17.1 Å². The topological polar surface area (TPSA) is 114 Å². The molecule has 3 atom stereocenters. The average molecular weight is 455 g/mol. The number of primary amides is 1. The highest BCUT2D eigenvalue weighted by Crippen LogP contribution is 2.37. The van der Waals surface area contributed by atoms with Gasteiger partial charge in [-0.3, -0.25) is 14.6 Å². The van der Waals surface area contributed by atoms with Gasteiger partial charge in [0.2, 0.25) is 21.8 Å². The molecule has 1 aromatic carbocycles. The van der Waals surface area contributed by atoms with Crippen LogP contribution < -0.4 is 5.73 Å². The first-order valence-electron chi connectivity index (χ1n) is 10.6. The Kier molecular flexibility index (Phi) is 6.12. The van der Waals surface area contributed by atoms with Gasteiger partial charge in [-0.15, -0.1) is 6.58 Å². The molecule has 8 nitrogen and oxygen atoms in total. The third-order valence-electron chi connectivity index (χ3n) is 6.21. The molecule has 2 fully saturated rings. The first-order chi connectivity index (χ1) is 15.3. The number of nitrogens with zero attached hydrogens (tertiary/aromatic N) is 3. The van der Waals surface area contributed by atoms with Crippen LogP contribution in [0.1, 0.15) is 35.3 Å². The molecule has 168 valence electrons. The molecule has 3 heterocycles. The summed E-state index contributed by atoms with van der Waals surface area (Å²) < 4.78 is 28.9. The van der Waals surface area contributed by atoms with Crippen molar-refractivity contribution in [3.8, 4) is 0 Å². The number of fused-ring (bicyclic) bond motifs is 2. The summed E-state index contributed by atoms with van der Waals surface area (Å²) >= 11 is 0. The van der Waals surface area contributed by atoms with Crippen LogP contribution in [0.4, 0.5) is 0 Å². The normalized spacial score (nSPS) is 24.1. The Morgan fingerprint density at radius 2 is 2.03 bits per heavy atom. The van der Waals surface area contributed by atoms with E-state index in [0.29, 0.717) is 25.9 Å². The fraction of sp³-hybridized carbons (Fsp3) is 0.348. The van der Waals surface area contributed by atoms with Crippen molar-refractivity contribution in [1.29, 1.82) is 0 Å². The van der Waals surface area contributed by atoms with Gasteiger partial charge < -0.3 is 10.6 Å². The summed E-state index contributed by atoms with van der Waals surface area (Å²) in [5, 5.41) is 0. The lowest BCUT2D eigenvalue weighted by atomic mass is 9.90. The molecule has 1 aromatic heterocycles. The lowest BCUT2D eigenvalue weighted by Crippen LogP contribution is -2.54. The van der Waals surface area contributed by atoms with Crippen LogP contribution in [-0.2, 0) is 21.4 Å². The molecule has 2 aromatic rings. The van der Waals surface area contributed by atoms with E-state index in [4.69, 9.17) is 5.73 Å². The van der Waals surface area contributed by atoms with Crippen molar-refractivity contribution >= 4 is 21.8 Å². The van der Waals surface area contributed by atoms with E-state index >= 15 is 0 Å². The number of hydrogen-bond acceptors (Lipinski definition) is 5. The molecule has 4 rings (SSSR count). The Hall–Kier alpha value is -3.04. The zero-order chi connectivity index (χ0) is 22.9. The summed E-state index contributed by atoms with van der Waals surface area (Å²) in [7, 11) is -4.06. The zero-order valence-electron chi connectivity index (χ0n) is 17.6. The van der Waals surface area contributed by atoms with Gasteiger partial charge in [-0.05, 0) is 49.6 Å². The number of hydrogen-bond donors (Lipinski definition) is 1. The van der Waals surface area contributed by atoms with Crippen LogP contribution in [0.2, 0.25) is 0 Å². The van der Waals surface area contributed by atoms with Crippen molar-refractivity contribution in [2.24, 2.45) is 11.7 Å². The second-order valence-electron chi connectivity index (χ2n) is 8.18. The minimum Gasteiger partial charge on any atom is -0.366 e. The molecule has 0 spiro atoms. The molecule has 9 heteroatoms. The molecule has 32 heavy (non-hydrogen) atoms. The number of piperidine rings is 1. The second kappa shape index (κ2) is 8.84. The first-order valence-corrected chi connectivity index (χ1v) is 12.0. The van der Waals surface area contributed by atoms with Crippen molar-refractivity contribution in [2.75, 3.05) is 6.54 Å². The Morgan fingerprint density at radius 1 is 1.22 bits per heavy atom. The van der Waals surface area contributed by atoms with Crippen LogP contribution >= 0.6 is 0 Å². The van der Waals surface area contributed by atoms with Gasteiger partial charge in [-0.25, -0.2) is 8.42 Å². The Morgan fingerprint density at radius 3 is 2.72 bits per heavy atom. The van der Waals surface area contributed by atoms with Crippen LogP contribution in [0.15, 0.2) is 66.2 Å². The largest absolute Gasteiger partial charge is 0.366 e. The van der Waals surface area contributed by atoms with Crippen molar-refractivity contribution in [2.45, 2.75) is 42.8 Å². The summed E-state index contributed by atoms with van der Waals surface area (Å²) in [6.45, 7) is 4.60. The lowest BCUT2D eigenvalue weighted by molar-refractivity contribution is -0.135. The van der Waals surface area contributed by atoms with Crippen LogP contribution in [0.5, 0.6) is 0 Å². The monoisotopic (exact) mass is 454 g/mol. The SMILES string of the molecule is C=C[C@H]1CN(Cc2ccccn2)C(=O)C2CCC[C@@H]1N2S(=O)(=O)c1cccc(C(N)=O)c1. The summed E-state index contributed by atoms with van der Waals surface area (Å²) in [5.41, 5.74) is 6.20. The Labute approximate surface area is 187 Å². The Bertz CT molecular complexity index is 1140. The van der Waals surface area contributed by atoms with Crippen LogP contribution in [0.3, 0.4) is 0 Å². The van der Waals surface area contributed by atoms with Gasteiger partial charge in [0.15, 0.2) is 0 Å². The number of carbonyl (C=O) groups is 2. The molecule has 2 aliphatic heterocycles. The number of rotatable bonds is 6.